The van der Waals surface area contributed by atoms with Crippen LogP contribution >= 0.6 is 0 Å². The highest BCUT2D eigenvalue weighted by molar-refractivity contribution is 6.07. The van der Waals surface area contributed by atoms with Crippen molar-refractivity contribution < 1.29 is 9.59 Å². The molecule has 0 spiro atoms. The van der Waals surface area contributed by atoms with Crippen LogP contribution in [0.1, 0.15) is 17.3 Å². The van der Waals surface area contributed by atoms with Crippen molar-refractivity contribution in [3.05, 3.63) is 60.2 Å². The molecule has 5 heteroatoms. The maximum Gasteiger partial charge on any atom is 0.258 e. The fraction of sp³-hybridized carbons (Fsp3) is 0.263. The molecular formula is C19H23N3O2. The maximum atomic E-state index is 12.8. The molecule has 24 heavy (non-hydrogen) atoms. The smallest absolute Gasteiger partial charge is 0.258 e. The molecule has 0 aliphatic rings. The van der Waals surface area contributed by atoms with Gasteiger partial charge in [-0.15, -0.1) is 0 Å². The molecule has 0 radical (unpaired) electrons. The Morgan fingerprint density at radius 2 is 1.71 bits per heavy atom. The number of benzene rings is 2. The van der Waals surface area contributed by atoms with Crippen LogP contribution in [0.3, 0.4) is 0 Å². The average Bonchev–Trinajstić information content (AvgIpc) is 2.56. The Balaban J connectivity index is 2.17. The largest absolute Gasteiger partial charge is 0.325 e. The van der Waals surface area contributed by atoms with Crippen molar-refractivity contribution in [2.24, 2.45) is 0 Å². The van der Waals surface area contributed by atoms with Gasteiger partial charge in [0, 0.05) is 23.5 Å². The van der Waals surface area contributed by atoms with Gasteiger partial charge in [-0.2, -0.15) is 0 Å². The first-order valence-corrected chi connectivity index (χ1v) is 7.93. The van der Waals surface area contributed by atoms with Crippen LogP contribution in [0.2, 0.25) is 0 Å². The zero-order valence-corrected chi connectivity index (χ0v) is 14.3. The normalized spacial score (nSPS) is 10.5. The van der Waals surface area contributed by atoms with Gasteiger partial charge in [-0.3, -0.25) is 9.59 Å². The highest BCUT2D eigenvalue weighted by Gasteiger charge is 2.16. The summed E-state index contributed by atoms with van der Waals surface area (Å²) in [6.07, 6.45) is 0. The van der Waals surface area contributed by atoms with Crippen LogP contribution in [0.15, 0.2) is 54.6 Å². The predicted molar refractivity (Wildman–Crippen MR) is 97.4 cm³/mol. The number of rotatable bonds is 6. The number of carbonyl (C=O) groups is 2. The minimum atomic E-state index is -0.111. The van der Waals surface area contributed by atoms with Crippen LogP contribution in [-0.2, 0) is 4.79 Å². The minimum absolute atomic E-state index is 0.0904. The molecule has 0 fully saturated rings. The summed E-state index contributed by atoms with van der Waals surface area (Å²) in [5.41, 5.74) is 2.02. The molecule has 0 aliphatic heterocycles. The Bertz CT molecular complexity index is 699. The lowest BCUT2D eigenvalue weighted by Gasteiger charge is -2.21. The van der Waals surface area contributed by atoms with E-state index in [1.807, 2.05) is 51.4 Å². The molecule has 0 unspecified atom stereocenters. The van der Waals surface area contributed by atoms with Crippen LogP contribution in [0.25, 0.3) is 0 Å². The van der Waals surface area contributed by atoms with Gasteiger partial charge in [0.2, 0.25) is 5.91 Å². The maximum absolute atomic E-state index is 12.8. The molecule has 1 N–H and O–H groups in total. The number of amides is 2. The van der Waals surface area contributed by atoms with Crippen molar-refractivity contribution in [3.63, 3.8) is 0 Å². The zero-order valence-electron chi connectivity index (χ0n) is 14.3. The van der Waals surface area contributed by atoms with Crippen molar-refractivity contribution in [2.45, 2.75) is 6.92 Å². The number of nitrogens with one attached hydrogen (secondary N) is 1. The molecule has 126 valence electrons. The van der Waals surface area contributed by atoms with Gasteiger partial charge < -0.3 is 15.1 Å². The molecule has 2 amide bonds. The van der Waals surface area contributed by atoms with Gasteiger partial charge in [-0.1, -0.05) is 24.3 Å². The molecule has 0 heterocycles. The van der Waals surface area contributed by atoms with E-state index in [1.54, 1.807) is 34.1 Å². The third-order valence-corrected chi connectivity index (χ3v) is 3.48. The Morgan fingerprint density at radius 3 is 2.33 bits per heavy atom. The molecule has 5 nitrogen and oxygen atoms in total. The molecule has 0 aromatic heterocycles. The Kier molecular flexibility index (Phi) is 6.09. The molecule has 0 saturated carbocycles. The van der Waals surface area contributed by atoms with E-state index in [-0.39, 0.29) is 11.8 Å². The predicted octanol–water partition coefficient (Wildman–Crippen LogP) is 2.85. The molecule has 2 aromatic rings. The van der Waals surface area contributed by atoms with Crippen LogP contribution in [0.4, 0.5) is 11.4 Å². The van der Waals surface area contributed by atoms with Crippen molar-refractivity contribution in [2.75, 3.05) is 37.4 Å². The van der Waals surface area contributed by atoms with E-state index in [0.29, 0.717) is 24.3 Å². The van der Waals surface area contributed by atoms with Crippen molar-refractivity contribution >= 4 is 23.2 Å². The van der Waals surface area contributed by atoms with Crippen LogP contribution < -0.4 is 10.2 Å². The quantitative estimate of drug-likeness (QED) is 0.888. The Hall–Kier alpha value is -2.66. The van der Waals surface area contributed by atoms with Crippen LogP contribution in [0, 0.1) is 0 Å². The van der Waals surface area contributed by atoms with Crippen molar-refractivity contribution in [3.8, 4) is 0 Å². The van der Waals surface area contributed by atoms with Gasteiger partial charge in [-0.05, 0) is 51.4 Å². The highest BCUT2D eigenvalue weighted by Crippen LogP contribution is 2.18. The lowest BCUT2D eigenvalue weighted by molar-refractivity contribution is -0.116. The molecule has 0 atom stereocenters. The molecule has 2 rings (SSSR count). The minimum Gasteiger partial charge on any atom is -0.325 e. The molecule has 0 aliphatic carbocycles. The van der Waals surface area contributed by atoms with Crippen molar-refractivity contribution in [1.29, 1.82) is 0 Å². The summed E-state index contributed by atoms with van der Waals surface area (Å²) in [5, 5.41) is 2.81. The Labute approximate surface area is 142 Å². The highest BCUT2D eigenvalue weighted by atomic mass is 16.2. The molecule has 0 bridgehead atoms. The number of hydrogen-bond acceptors (Lipinski definition) is 3. The van der Waals surface area contributed by atoms with E-state index < -0.39 is 0 Å². The summed E-state index contributed by atoms with van der Waals surface area (Å²) < 4.78 is 0. The van der Waals surface area contributed by atoms with Crippen LogP contribution in [0.5, 0.6) is 0 Å². The summed E-state index contributed by atoms with van der Waals surface area (Å²) >= 11 is 0. The number of hydrogen-bond donors (Lipinski definition) is 1. The fourth-order valence-electron chi connectivity index (χ4n) is 2.42. The van der Waals surface area contributed by atoms with Gasteiger partial charge in [0.15, 0.2) is 0 Å². The van der Waals surface area contributed by atoms with Gasteiger partial charge in [0.1, 0.15) is 0 Å². The van der Waals surface area contributed by atoms with E-state index in [0.717, 1.165) is 5.69 Å². The van der Waals surface area contributed by atoms with Crippen LogP contribution in [-0.4, -0.2) is 43.9 Å². The summed E-state index contributed by atoms with van der Waals surface area (Å²) in [7, 11) is 3.66. The third kappa shape index (κ3) is 4.67. The lowest BCUT2D eigenvalue weighted by Crippen LogP contribution is -2.31. The Morgan fingerprint density at radius 1 is 1.00 bits per heavy atom. The second-order valence-electron chi connectivity index (χ2n) is 5.75. The van der Waals surface area contributed by atoms with Gasteiger partial charge in [0.25, 0.3) is 5.91 Å². The summed E-state index contributed by atoms with van der Waals surface area (Å²) in [5.74, 6) is -0.201. The van der Waals surface area contributed by atoms with E-state index in [2.05, 4.69) is 5.32 Å². The van der Waals surface area contributed by atoms with Gasteiger partial charge >= 0.3 is 0 Å². The van der Waals surface area contributed by atoms with Gasteiger partial charge in [-0.25, -0.2) is 0 Å². The first-order valence-electron chi connectivity index (χ1n) is 7.93. The average molecular weight is 325 g/mol. The number of likely N-dealkylation sites (N-methyl/N-ethyl adjacent to an activating group) is 1. The second-order valence-corrected chi connectivity index (χ2v) is 5.75. The van der Waals surface area contributed by atoms with E-state index >= 15 is 0 Å². The second kappa shape index (κ2) is 8.26. The standard InChI is InChI=1S/C19H23N3O2/c1-4-22(17-11-6-5-7-12-17)19(24)15-9-8-10-16(13-15)20-18(23)14-21(2)3/h5-13H,4,14H2,1-3H3,(H,20,23). The summed E-state index contributed by atoms with van der Waals surface area (Å²) in [6, 6.07) is 16.6. The topological polar surface area (TPSA) is 52.7 Å². The molecule has 2 aromatic carbocycles. The zero-order chi connectivity index (χ0) is 17.5. The molecule has 0 saturated heterocycles. The fourth-order valence-corrected chi connectivity index (χ4v) is 2.42. The van der Waals surface area contributed by atoms with E-state index in [9.17, 15) is 9.59 Å². The van der Waals surface area contributed by atoms with E-state index in [4.69, 9.17) is 0 Å². The third-order valence-electron chi connectivity index (χ3n) is 3.48. The first kappa shape index (κ1) is 17.7. The SMILES string of the molecule is CCN(C(=O)c1cccc(NC(=O)CN(C)C)c1)c1ccccc1. The number of nitrogens with zero attached hydrogens (tertiary/aromatic N) is 2. The molecular weight excluding hydrogens is 302 g/mol. The summed E-state index contributed by atoms with van der Waals surface area (Å²) in [4.78, 5) is 28.2. The number of anilines is 2. The van der Waals surface area contributed by atoms with Crippen molar-refractivity contribution in [1.82, 2.24) is 4.90 Å². The summed E-state index contributed by atoms with van der Waals surface area (Å²) in [6.45, 7) is 2.80. The van der Waals surface area contributed by atoms with E-state index in [1.165, 1.54) is 0 Å². The number of para-hydroxylation sites is 1. The van der Waals surface area contributed by atoms with Gasteiger partial charge in [0.05, 0.1) is 6.54 Å². The lowest BCUT2D eigenvalue weighted by atomic mass is 10.1. The first-order chi connectivity index (χ1) is 11.5. The monoisotopic (exact) mass is 325 g/mol. The number of carbonyl (C=O) groups excluding carboxylic acids is 2.